The summed E-state index contributed by atoms with van der Waals surface area (Å²) in [6.07, 6.45) is 2.82. The van der Waals surface area contributed by atoms with E-state index < -0.39 is 0 Å². The summed E-state index contributed by atoms with van der Waals surface area (Å²) in [5.74, 6) is 0.804. The van der Waals surface area contributed by atoms with Crippen LogP contribution in [0.5, 0.6) is 0 Å². The van der Waals surface area contributed by atoms with Crippen molar-refractivity contribution in [3.8, 4) is 0 Å². The number of benzene rings is 1. The van der Waals surface area contributed by atoms with Gasteiger partial charge in [0.25, 0.3) is 0 Å². The Balaban J connectivity index is 0.00000312. The summed E-state index contributed by atoms with van der Waals surface area (Å²) in [5, 5.41) is 8.65. The lowest BCUT2D eigenvalue weighted by Gasteiger charge is -2.27. The lowest BCUT2D eigenvalue weighted by atomic mass is 9.84. The number of aliphatic imine (C=N–C) groups is 1. The van der Waals surface area contributed by atoms with Gasteiger partial charge in [0, 0.05) is 48.1 Å². The fraction of sp³-hybridized carbons (Fsp3) is 0.444. The average Bonchev–Trinajstić information content (AvgIpc) is 2.96. The van der Waals surface area contributed by atoms with Crippen molar-refractivity contribution in [1.29, 1.82) is 0 Å². The molecule has 0 atom stereocenters. The Hall–Kier alpha value is -0.860. The second-order valence-electron chi connectivity index (χ2n) is 6.36. The van der Waals surface area contributed by atoms with E-state index >= 15 is 0 Å². The van der Waals surface area contributed by atoms with Gasteiger partial charge in [-0.15, -0.1) is 35.3 Å². The van der Waals surface area contributed by atoms with Gasteiger partial charge in [-0.05, 0) is 24.6 Å². The van der Waals surface area contributed by atoms with Gasteiger partial charge in [0.2, 0.25) is 0 Å². The SMILES string of the molecule is CN=C(NCCc1ncc(C)s1)NCC(C)(C)c1cccc(Cl)c1.I. The van der Waals surface area contributed by atoms with Gasteiger partial charge in [0.1, 0.15) is 0 Å². The number of aromatic nitrogens is 1. The van der Waals surface area contributed by atoms with Gasteiger partial charge < -0.3 is 10.6 Å². The highest BCUT2D eigenvalue weighted by Gasteiger charge is 2.21. The maximum atomic E-state index is 6.11. The Morgan fingerprint density at radius 2 is 2.08 bits per heavy atom. The number of thiazole rings is 1. The van der Waals surface area contributed by atoms with Crippen LogP contribution in [0.25, 0.3) is 0 Å². The van der Waals surface area contributed by atoms with Gasteiger partial charge in [-0.1, -0.05) is 37.6 Å². The minimum absolute atomic E-state index is 0. The smallest absolute Gasteiger partial charge is 0.191 e. The van der Waals surface area contributed by atoms with Crippen molar-refractivity contribution in [2.45, 2.75) is 32.6 Å². The second-order valence-corrected chi connectivity index (χ2v) is 8.12. The van der Waals surface area contributed by atoms with E-state index in [2.05, 4.69) is 47.4 Å². The van der Waals surface area contributed by atoms with Crippen molar-refractivity contribution in [2.75, 3.05) is 20.1 Å². The molecule has 138 valence electrons. The highest BCUT2D eigenvalue weighted by Crippen LogP contribution is 2.24. The summed E-state index contributed by atoms with van der Waals surface area (Å²) < 4.78 is 0. The Labute approximate surface area is 176 Å². The Morgan fingerprint density at radius 3 is 2.68 bits per heavy atom. The molecule has 25 heavy (non-hydrogen) atoms. The average molecular weight is 493 g/mol. The number of halogens is 2. The fourth-order valence-electron chi connectivity index (χ4n) is 2.34. The molecule has 0 fully saturated rings. The number of guanidine groups is 1. The molecule has 2 rings (SSSR count). The van der Waals surface area contributed by atoms with Crippen LogP contribution in [-0.2, 0) is 11.8 Å². The van der Waals surface area contributed by atoms with E-state index in [0.717, 1.165) is 35.5 Å². The number of rotatable bonds is 6. The molecule has 0 spiro atoms. The summed E-state index contributed by atoms with van der Waals surface area (Å²) >= 11 is 7.85. The molecule has 4 nitrogen and oxygen atoms in total. The van der Waals surface area contributed by atoms with Crippen LogP contribution in [0.3, 0.4) is 0 Å². The molecule has 0 aliphatic carbocycles. The van der Waals surface area contributed by atoms with Crippen LogP contribution in [0, 0.1) is 6.92 Å². The number of hydrogen-bond acceptors (Lipinski definition) is 3. The first-order chi connectivity index (χ1) is 11.4. The molecular formula is C18H26ClIN4S. The van der Waals surface area contributed by atoms with Crippen molar-refractivity contribution >= 4 is 52.9 Å². The van der Waals surface area contributed by atoms with Gasteiger partial charge in [0.15, 0.2) is 5.96 Å². The first kappa shape index (κ1) is 22.2. The molecule has 7 heteroatoms. The third-order valence-corrected chi connectivity index (χ3v) is 5.04. The Bertz CT molecular complexity index is 700. The van der Waals surface area contributed by atoms with Crippen LogP contribution in [0.4, 0.5) is 0 Å². The van der Waals surface area contributed by atoms with Gasteiger partial charge in [-0.25, -0.2) is 4.98 Å². The standard InChI is InChI=1S/C18H25ClN4S.HI/c1-13-11-22-16(24-13)8-9-21-17(20-4)23-12-18(2,3)14-6-5-7-15(19)10-14;/h5-7,10-11H,8-9,12H2,1-4H3,(H2,20,21,23);1H. The first-order valence-electron chi connectivity index (χ1n) is 8.02. The molecular weight excluding hydrogens is 467 g/mol. The van der Waals surface area contributed by atoms with E-state index in [1.165, 1.54) is 10.4 Å². The molecule has 0 bridgehead atoms. The number of nitrogens with one attached hydrogen (secondary N) is 2. The van der Waals surface area contributed by atoms with Crippen LogP contribution in [0.1, 0.15) is 29.3 Å². The number of hydrogen-bond donors (Lipinski definition) is 2. The normalized spacial score (nSPS) is 11.8. The molecule has 0 saturated carbocycles. The molecule has 0 saturated heterocycles. The van der Waals surface area contributed by atoms with Crippen molar-refractivity contribution < 1.29 is 0 Å². The number of aryl methyl sites for hydroxylation is 1. The zero-order chi connectivity index (χ0) is 17.6. The summed E-state index contributed by atoms with van der Waals surface area (Å²) in [4.78, 5) is 9.91. The molecule has 0 amide bonds. The number of nitrogens with zero attached hydrogens (tertiary/aromatic N) is 2. The van der Waals surface area contributed by atoms with Gasteiger partial charge >= 0.3 is 0 Å². The monoisotopic (exact) mass is 492 g/mol. The Kier molecular flexibility index (Phi) is 9.16. The molecule has 0 radical (unpaired) electrons. The lowest BCUT2D eigenvalue weighted by Crippen LogP contribution is -2.44. The molecule has 1 heterocycles. The van der Waals surface area contributed by atoms with E-state index in [1.54, 1.807) is 18.4 Å². The van der Waals surface area contributed by atoms with Crippen molar-refractivity contribution in [1.82, 2.24) is 15.6 Å². The highest BCUT2D eigenvalue weighted by atomic mass is 127. The molecule has 2 aromatic rings. The molecule has 2 N–H and O–H groups in total. The van der Waals surface area contributed by atoms with Crippen molar-refractivity contribution in [3.05, 3.63) is 50.9 Å². The van der Waals surface area contributed by atoms with Crippen molar-refractivity contribution in [3.63, 3.8) is 0 Å². The minimum Gasteiger partial charge on any atom is -0.356 e. The van der Waals surface area contributed by atoms with Gasteiger partial charge in [-0.3, -0.25) is 4.99 Å². The molecule has 1 aromatic carbocycles. The van der Waals surface area contributed by atoms with Gasteiger partial charge in [0.05, 0.1) is 5.01 Å². The summed E-state index contributed by atoms with van der Waals surface area (Å²) in [5.41, 5.74) is 1.16. The first-order valence-corrected chi connectivity index (χ1v) is 9.22. The zero-order valence-electron chi connectivity index (χ0n) is 15.1. The topological polar surface area (TPSA) is 49.3 Å². The molecule has 1 aromatic heterocycles. The molecule has 0 aliphatic heterocycles. The van der Waals surface area contributed by atoms with E-state index in [0.29, 0.717) is 0 Å². The van der Waals surface area contributed by atoms with Crippen LogP contribution < -0.4 is 10.6 Å². The zero-order valence-corrected chi connectivity index (χ0v) is 19.0. The molecule has 0 unspecified atom stereocenters. The van der Waals surface area contributed by atoms with E-state index in [9.17, 15) is 0 Å². The third-order valence-electron chi connectivity index (χ3n) is 3.83. The van der Waals surface area contributed by atoms with Gasteiger partial charge in [-0.2, -0.15) is 0 Å². The van der Waals surface area contributed by atoms with E-state index in [1.807, 2.05) is 24.4 Å². The van der Waals surface area contributed by atoms with E-state index in [4.69, 9.17) is 11.6 Å². The minimum atomic E-state index is -0.0467. The fourth-order valence-corrected chi connectivity index (χ4v) is 3.32. The largest absolute Gasteiger partial charge is 0.356 e. The highest BCUT2D eigenvalue weighted by molar-refractivity contribution is 14.0. The predicted molar refractivity (Wildman–Crippen MR) is 120 cm³/mol. The molecule has 0 aliphatic rings. The third kappa shape index (κ3) is 7.11. The van der Waals surface area contributed by atoms with Crippen LogP contribution >= 0.6 is 46.9 Å². The summed E-state index contributed by atoms with van der Waals surface area (Å²) in [6.45, 7) is 8.04. The van der Waals surface area contributed by atoms with Crippen molar-refractivity contribution in [2.24, 2.45) is 4.99 Å². The maximum Gasteiger partial charge on any atom is 0.191 e. The predicted octanol–water partition coefficient (Wildman–Crippen LogP) is 4.41. The maximum absolute atomic E-state index is 6.11. The second kappa shape index (κ2) is 10.3. The Morgan fingerprint density at radius 1 is 1.32 bits per heavy atom. The summed E-state index contributed by atoms with van der Waals surface area (Å²) in [7, 11) is 1.79. The van der Waals surface area contributed by atoms with E-state index in [-0.39, 0.29) is 29.4 Å². The van der Waals surface area contributed by atoms with Crippen LogP contribution in [-0.4, -0.2) is 31.1 Å². The summed E-state index contributed by atoms with van der Waals surface area (Å²) in [6, 6.07) is 8.01. The van der Waals surface area contributed by atoms with Crippen LogP contribution in [0.2, 0.25) is 5.02 Å². The van der Waals surface area contributed by atoms with Crippen LogP contribution in [0.15, 0.2) is 35.5 Å². The lowest BCUT2D eigenvalue weighted by molar-refractivity contribution is 0.508. The quantitative estimate of drug-likeness (QED) is 0.357.